The molecule has 1 aliphatic heterocycles. The molecule has 2 aromatic rings. The number of carbonyl (C=O) groups is 2. The van der Waals surface area contributed by atoms with Gasteiger partial charge in [0.2, 0.25) is 5.91 Å². The first-order valence-electron chi connectivity index (χ1n) is 10.0. The maximum Gasteiger partial charge on any atom is 0.416 e. The molecule has 2 aromatic carbocycles. The van der Waals surface area contributed by atoms with E-state index >= 15 is 0 Å². The predicted octanol–water partition coefficient (Wildman–Crippen LogP) is 5.59. The highest BCUT2D eigenvalue weighted by molar-refractivity contribution is 8.00. The number of halogens is 4. The molecule has 172 valence electrons. The van der Waals surface area contributed by atoms with Gasteiger partial charge in [0.25, 0.3) is 0 Å². The van der Waals surface area contributed by atoms with E-state index in [0.717, 1.165) is 35.4 Å². The zero-order valence-electron chi connectivity index (χ0n) is 17.0. The summed E-state index contributed by atoms with van der Waals surface area (Å²) >= 11 is 7.36. The Morgan fingerprint density at radius 1 is 1.19 bits per heavy atom. The average Bonchev–Trinajstić information content (AvgIpc) is 2.73. The van der Waals surface area contributed by atoms with Crippen molar-refractivity contribution in [3.63, 3.8) is 0 Å². The fourth-order valence-corrected chi connectivity index (χ4v) is 4.81. The van der Waals surface area contributed by atoms with E-state index < -0.39 is 17.7 Å². The molecule has 0 aliphatic carbocycles. The molecule has 0 spiro atoms. The van der Waals surface area contributed by atoms with Crippen LogP contribution in [0.1, 0.15) is 24.8 Å². The summed E-state index contributed by atoms with van der Waals surface area (Å²) in [6.45, 7) is 0.584. The van der Waals surface area contributed by atoms with E-state index in [1.807, 2.05) is 6.07 Å². The minimum Gasteiger partial charge on any atom is -0.481 e. The molecule has 1 saturated heterocycles. The molecule has 1 heterocycles. The first-order chi connectivity index (χ1) is 15.1. The van der Waals surface area contributed by atoms with Gasteiger partial charge in [0.15, 0.2) is 0 Å². The smallest absolute Gasteiger partial charge is 0.416 e. The van der Waals surface area contributed by atoms with E-state index in [9.17, 15) is 22.8 Å². The number of piperidine rings is 1. The number of carbonyl (C=O) groups excluding carboxylic acids is 1. The van der Waals surface area contributed by atoms with E-state index in [2.05, 4.69) is 0 Å². The van der Waals surface area contributed by atoms with Gasteiger partial charge in [0, 0.05) is 24.4 Å². The van der Waals surface area contributed by atoms with Crippen LogP contribution in [0.3, 0.4) is 0 Å². The van der Waals surface area contributed by atoms with Crippen molar-refractivity contribution in [2.24, 2.45) is 5.92 Å². The molecule has 32 heavy (non-hydrogen) atoms. The maximum absolute atomic E-state index is 13.3. The van der Waals surface area contributed by atoms with E-state index in [1.165, 1.54) is 10.4 Å². The van der Waals surface area contributed by atoms with Crippen LogP contribution in [0.15, 0.2) is 53.4 Å². The quantitative estimate of drug-likeness (QED) is 0.517. The molecule has 10 heteroatoms. The lowest BCUT2D eigenvalue weighted by molar-refractivity contribution is -0.140. The fourth-order valence-electron chi connectivity index (χ4n) is 3.58. The third kappa shape index (κ3) is 6.56. The van der Waals surface area contributed by atoms with Crippen molar-refractivity contribution in [3.8, 4) is 0 Å². The Morgan fingerprint density at radius 2 is 1.91 bits per heavy atom. The summed E-state index contributed by atoms with van der Waals surface area (Å²) in [7, 11) is 0. The summed E-state index contributed by atoms with van der Waals surface area (Å²) in [6.07, 6.45) is -3.17. The first-order valence-corrected chi connectivity index (χ1v) is 11.2. The molecule has 1 unspecified atom stereocenters. The third-order valence-corrected chi connectivity index (χ3v) is 6.46. The predicted molar refractivity (Wildman–Crippen MR) is 118 cm³/mol. The highest BCUT2D eigenvalue weighted by Gasteiger charge is 2.32. The molecule has 1 atom stereocenters. The highest BCUT2D eigenvalue weighted by atomic mass is 35.5. The second-order valence-electron chi connectivity index (χ2n) is 7.55. The van der Waals surface area contributed by atoms with Crippen LogP contribution in [-0.2, 0) is 15.8 Å². The van der Waals surface area contributed by atoms with Crippen molar-refractivity contribution in [2.75, 3.05) is 23.9 Å². The Balaban J connectivity index is 1.85. The molecule has 0 bridgehead atoms. The summed E-state index contributed by atoms with van der Waals surface area (Å²) in [5, 5.41) is 9.14. The summed E-state index contributed by atoms with van der Waals surface area (Å²) < 4.78 is 41.4. The lowest BCUT2D eigenvalue weighted by atomic mass is 9.95. The van der Waals surface area contributed by atoms with E-state index in [0.29, 0.717) is 19.5 Å². The SMILES string of the molecule is O=C(O)CC1CCCN(C(=O)CN(Sc2ccccc2)c2cc(C(F)(F)F)ccc2Cl)C1. The van der Waals surface area contributed by atoms with Crippen LogP contribution in [0.25, 0.3) is 0 Å². The van der Waals surface area contributed by atoms with Gasteiger partial charge in [-0.15, -0.1) is 0 Å². The van der Waals surface area contributed by atoms with Crippen molar-refractivity contribution in [3.05, 3.63) is 59.1 Å². The molecule has 0 saturated carbocycles. The largest absolute Gasteiger partial charge is 0.481 e. The number of hydrogen-bond acceptors (Lipinski definition) is 4. The minimum atomic E-state index is -4.55. The molecule has 1 aliphatic rings. The number of anilines is 1. The second-order valence-corrected chi connectivity index (χ2v) is 9.05. The number of benzene rings is 2. The number of carboxylic acids is 1. The molecular formula is C22H22ClF3N2O3S. The standard InChI is InChI=1S/C22H22ClF3N2O3S/c23-18-9-8-16(22(24,25)26)12-19(18)28(32-17-6-2-1-3-7-17)14-20(29)27-10-4-5-15(13-27)11-21(30)31/h1-3,6-9,12,15H,4-5,10-11,13-14H2,(H,30,31). The second kappa shape index (κ2) is 10.5. The molecule has 1 amide bonds. The van der Waals surface area contributed by atoms with E-state index in [1.54, 1.807) is 29.2 Å². The van der Waals surface area contributed by atoms with E-state index in [4.69, 9.17) is 16.7 Å². The summed E-state index contributed by atoms with van der Waals surface area (Å²) in [6, 6.07) is 12.0. The number of aliphatic carboxylic acids is 1. The lowest BCUT2D eigenvalue weighted by Crippen LogP contribution is -2.44. The van der Waals surface area contributed by atoms with Crippen LogP contribution in [0.2, 0.25) is 5.02 Å². The molecule has 1 N–H and O–H groups in total. The first kappa shape index (κ1) is 24.3. The Kier molecular flexibility index (Phi) is 7.95. The van der Waals surface area contributed by atoms with Gasteiger partial charge in [0.05, 0.1) is 16.3 Å². The van der Waals surface area contributed by atoms with Gasteiger partial charge in [-0.1, -0.05) is 29.8 Å². The van der Waals surface area contributed by atoms with Crippen molar-refractivity contribution in [1.82, 2.24) is 4.90 Å². The Labute approximate surface area is 193 Å². The number of amides is 1. The highest BCUT2D eigenvalue weighted by Crippen LogP contribution is 2.39. The van der Waals surface area contributed by atoms with Crippen molar-refractivity contribution in [2.45, 2.75) is 30.3 Å². The zero-order chi connectivity index (χ0) is 23.3. The Hall–Kier alpha value is -2.39. The number of carboxylic acid groups (broad SMARTS) is 1. The monoisotopic (exact) mass is 486 g/mol. The van der Waals surface area contributed by atoms with Crippen molar-refractivity contribution in [1.29, 1.82) is 0 Å². The lowest BCUT2D eigenvalue weighted by Gasteiger charge is -2.34. The maximum atomic E-state index is 13.3. The number of nitrogens with zero attached hydrogens (tertiary/aromatic N) is 2. The van der Waals surface area contributed by atoms with Gasteiger partial charge in [-0.2, -0.15) is 13.2 Å². The van der Waals surface area contributed by atoms with E-state index in [-0.39, 0.29) is 35.5 Å². The van der Waals surface area contributed by atoms with Gasteiger partial charge >= 0.3 is 12.1 Å². The number of rotatable bonds is 7. The fraction of sp³-hybridized carbons (Fsp3) is 0.364. The third-order valence-electron chi connectivity index (χ3n) is 5.11. The number of alkyl halides is 3. The molecule has 0 radical (unpaired) electrons. The average molecular weight is 487 g/mol. The van der Waals surface area contributed by atoms with Crippen LogP contribution in [0.4, 0.5) is 18.9 Å². The molecule has 1 fully saturated rings. The number of hydrogen-bond donors (Lipinski definition) is 1. The van der Waals surface area contributed by atoms with Crippen LogP contribution in [-0.4, -0.2) is 41.5 Å². The molecule has 5 nitrogen and oxygen atoms in total. The Morgan fingerprint density at radius 3 is 2.56 bits per heavy atom. The van der Waals surface area contributed by atoms with Gasteiger partial charge in [0.1, 0.15) is 6.54 Å². The van der Waals surface area contributed by atoms with Crippen LogP contribution in [0, 0.1) is 5.92 Å². The van der Waals surface area contributed by atoms with Crippen LogP contribution >= 0.6 is 23.5 Å². The summed E-state index contributed by atoms with van der Waals surface area (Å²) in [5.41, 5.74) is -0.773. The molecule has 3 rings (SSSR count). The van der Waals surface area contributed by atoms with Crippen molar-refractivity contribution < 1.29 is 27.9 Å². The molecule has 0 aromatic heterocycles. The van der Waals surface area contributed by atoms with Gasteiger partial charge < -0.3 is 14.3 Å². The Bertz CT molecular complexity index is 959. The van der Waals surface area contributed by atoms with Crippen LogP contribution < -0.4 is 4.31 Å². The zero-order valence-corrected chi connectivity index (χ0v) is 18.6. The summed E-state index contributed by atoms with van der Waals surface area (Å²) in [4.78, 5) is 26.4. The topological polar surface area (TPSA) is 60.9 Å². The van der Waals surface area contributed by atoms with Gasteiger partial charge in [-0.05, 0) is 61.0 Å². The summed E-state index contributed by atoms with van der Waals surface area (Å²) in [5.74, 6) is -1.35. The number of likely N-dealkylation sites (tertiary alicyclic amines) is 1. The van der Waals surface area contributed by atoms with Gasteiger partial charge in [-0.25, -0.2) is 0 Å². The van der Waals surface area contributed by atoms with Gasteiger partial charge in [-0.3, -0.25) is 9.59 Å². The van der Waals surface area contributed by atoms with Crippen molar-refractivity contribution >= 4 is 41.1 Å². The normalized spacial score (nSPS) is 16.6. The molecular weight excluding hydrogens is 465 g/mol. The van der Waals surface area contributed by atoms with Crippen LogP contribution in [0.5, 0.6) is 0 Å². The minimum absolute atomic E-state index is 0.0221.